The van der Waals surface area contributed by atoms with Crippen LogP contribution in [0.4, 0.5) is 10.5 Å². The molecule has 0 unspecified atom stereocenters. The molecule has 0 aliphatic heterocycles. The van der Waals surface area contributed by atoms with Crippen molar-refractivity contribution in [1.29, 1.82) is 0 Å². The summed E-state index contributed by atoms with van der Waals surface area (Å²) in [5, 5.41) is 2.78. The van der Waals surface area contributed by atoms with Gasteiger partial charge in [-0.25, -0.2) is 4.79 Å². The van der Waals surface area contributed by atoms with Crippen LogP contribution in [-0.2, 0) is 10.3 Å². The molecule has 0 spiro atoms. The number of anilines is 1. The summed E-state index contributed by atoms with van der Waals surface area (Å²) in [4.78, 5) is 11.8. The molecule has 1 aliphatic rings. The summed E-state index contributed by atoms with van der Waals surface area (Å²) in [6.45, 7) is 5.50. The first-order valence-corrected chi connectivity index (χ1v) is 7.08. The van der Waals surface area contributed by atoms with Crippen molar-refractivity contribution in [3.63, 3.8) is 0 Å². The van der Waals surface area contributed by atoms with E-state index in [-0.39, 0.29) is 5.54 Å². The lowest BCUT2D eigenvalue weighted by atomic mass is 10.0. The number of hydrogen-bond acceptors (Lipinski definition) is 3. The van der Waals surface area contributed by atoms with Crippen LogP contribution in [0.15, 0.2) is 22.7 Å². The van der Waals surface area contributed by atoms with Gasteiger partial charge in [-0.15, -0.1) is 0 Å². The lowest BCUT2D eigenvalue weighted by Crippen LogP contribution is -2.28. The summed E-state index contributed by atoms with van der Waals surface area (Å²) in [6, 6.07) is 5.73. The number of carbonyl (C=O) groups excluding carboxylic acids is 1. The smallest absolute Gasteiger partial charge is 0.412 e. The number of nitrogens with two attached hydrogens (primary N) is 1. The number of amides is 1. The van der Waals surface area contributed by atoms with E-state index in [0.717, 1.165) is 22.9 Å². The molecule has 0 aromatic heterocycles. The number of rotatable bonds is 2. The summed E-state index contributed by atoms with van der Waals surface area (Å²) >= 11 is 3.40. The Balaban J connectivity index is 2.20. The molecule has 3 N–H and O–H groups in total. The SMILES string of the molecule is CC(C)(C)OC(=O)Nc1cc(Br)ccc1C1(N)CC1. The molecule has 1 saturated carbocycles. The van der Waals surface area contributed by atoms with Crippen molar-refractivity contribution in [2.24, 2.45) is 5.73 Å². The van der Waals surface area contributed by atoms with E-state index < -0.39 is 11.7 Å². The summed E-state index contributed by atoms with van der Waals surface area (Å²) in [5.41, 5.74) is 7.07. The van der Waals surface area contributed by atoms with E-state index in [1.54, 1.807) is 0 Å². The lowest BCUT2D eigenvalue weighted by molar-refractivity contribution is 0.0636. The Morgan fingerprint density at radius 1 is 1.42 bits per heavy atom. The minimum Gasteiger partial charge on any atom is -0.444 e. The largest absolute Gasteiger partial charge is 0.444 e. The minimum absolute atomic E-state index is 0.301. The summed E-state index contributed by atoms with van der Waals surface area (Å²) in [6.07, 6.45) is 1.42. The Kier molecular flexibility index (Phi) is 3.62. The zero-order valence-corrected chi connectivity index (χ0v) is 13.0. The zero-order valence-electron chi connectivity index (χ0n) is 11.4. The Labute approximate surface area is 121 Å². The van der Waals surface area contributed by atoms with E-state index in [9.17, 15) is 4.79 Å². The van der Waals surface area contributed by atoms with E-state index in [2.05, 4.69) is 21.2 Å². The van der Waals surface area contributed by atoms with Crippen LogP contribution in [0.25, 0.3) is 0 Å². The van der Waals surface area contributed by atoms with E-state index in [4.69, 9.17) is 10.5 Å². The Morgan fingerprint density at radius 2 is 2.05 bits per heavy atom. The van der Waals surface area contributed by atoms with Crippen LogP contribution < -0.4 is 11.1 Å². The average molecular weight is 327 g/mol. The summed E-state index contributed by atoms with van der Waals surface area (Å²) in [7, 11) is 0. The second-order valence-corrected chi connectivity index (χ2v) is 6.89. The fraction of sp³-hybridized carbons (Fsp3) is 0.500. The molecule has 5 heteroatoms. The molecule has 0 bridgehead atoms. The van der Waals surface area contributed by atoms with Gasteiger partial charge in [0.25, 0.3) is 0 Å². The molecular weight excluding hydrogens is 308 g/mol. The molecule has 1 aliphatic carbocycles. The van der Waals surface area contributed by atoms with Crippen molar-refractivity contribution in [3.8, 4) is 0 Å². The van der Waals surface area contributed by atoms with E-state index in [0.29, 0.717) is 5.69 Å². The molecule has 0 saturated heterocycles. The van der Waals surface area contributed by atoms with Gasteiger partial charge in [-0.2, -0.15) is 0 Å². The highest BCUT2D eigenvalue weighted by Crippen LogP contribution is 2.46. The van der Waals surface area contributed by atoms with Gasteiger partial charge in [0.2, 0.25) is 0 Å². The number of ether oxygens (including phenoxy) is 1. The molecule has 4 nitrogen and oxygen atoms in total. The Hall–Kier alpha value is -1.07. The highest BCUT2D eigenvalue weighted by molar-refractivity contribution is 9.10. The normalized spacial score (nSPS) is 16.9. The molecule has 0 radical (unpaired) electrons. The Bertz CT molecular complexity index is 505. The fourth-order valence-electron chi connectivity index (χ4n) is 1.87. The van der Waals surface area contributed by atoms with Crippen molar-refractivity contribution in [2.45, 2.75) is 44.8 Å². The van der Waals surface area contributed by atoms with Gasteiger partial charge in [-0.05, 0) is 51.3 Å². The van der Waals surface area contributed by atoms with Crippen LogP contribution in [0.5, 0.6) is 0 Å². The van der Waals surface area contributed by atoms with E-state index in [1.807, 2.05) is 39.0 Å². The van der Waals surface area contributed by atoms with Crippen LogP contribution in [-0.4, -0.2) is 11.7 Å². The first kappa shape index (κ1) is 14.3. The maximum atomic E-state index is 11.8. The average Bonchev–Trinajstić information content (AvgIpc) is 2.94. The predicted molar refractivity (Wildman–Crippen MR) is 79.1 cm³/mol. The summed E-state index contributed by atoms with van der Waals surface area (Å²) < 4.78 is 6.16. The first-order chi connectivity index (χ1) is 8.70. The minimum atomic E-state index is -0.518. The zero-order chi connectivity index (χ0) is 14.3. The number of halogens is 1. The lowest BCUT2D eigenvalue weighted by Gasteiger charge is -2.21. The molecule has 19 heavy (non-hydrogen) atoms. The first-order valence-electron chi connectivity index (χ1n) is 6.29. The molecule has 104 valence electrons. The topological polar surface area (TPSA) is 64.3 Å². The maximum Gasteiger partial charge on any atom is 0.412 e. The van der Waals surface area contributed by atoms with Crippen molar-refractivity contribution in [3.05, 3.63) is 28.2 Å². The van der Waals surface area contributed by atoms with Crippen LogP contribution in [0.1, 0.15) is 39.2 Å². The maximum absolute atomic E-state index is 11.8. The molecule has 0 heterocycles. The third-order valence-corrected chi connectivity index (χ3v) is 3.44. The van der Waals surface area contributed by atoms with Crippen molar-refractivity contribution < 1.29 is 9.53 Å². The predicted octanol–water partition coefficient (Wildman–Crippen LogP) is 3.74. The van der Waals surface area contributed by atoms with Gasteiger partial charge < -0.3 is 10.5 Å². The second kappa shape index (κ2) is 4.80. The van der Waals surface area contributed by atoms with Crippen LogP contribution >= 0.6 is 15.9 Å². The number of nitrogens with one attached hydrogen (secondary N) is 1. The van der Waals surface area contributed by atoms with Gasteiger partial charge in [-0.3, -0.25) is 5.32 Å². The van der Waals surface area contributed by atoms with E-state index >= 15 is 0 Å². The van der Waals surface area contributed by atoms with Gasteiger partial charge >= 0.3 is 6.09 Å². The highest BCUT2D eigenvalue weighted by Gasteiger charge is 2.42. The third-order valence-electron chi connectivity index (χ3n) is 2.94. The molecule has 2 rings (SSSR count). The monoisotopic (exact) mass is 326 g/mol. The molecule has 1 amide bonds. The second-order valence-electron chi connectivity index (χ2n) is 5.97. The van der Waals surface area contributed by atoms with Gasteiger partial charge in [0, 0.05) is 10.0 Å². The molecule has 1 aromatic carbocycles. The van der Waals surface area contributed by atoms with Gasteiger partial charge in [0.1, 0.15) is 5.60 Å². The van der Waals surface area contributed by atoms with Crippen molar-refractivity contribution in [1.82, 2.24) is 0 Å². The number of benzene rings is 1. The molecule has 1 fully saturated rings. The van der Waals surface area contributed by atoms with Gasteiger partial charge in [0.05, 0.1) is 5.69 Å². The summed E-state index contributed by atoms with van der Waals surface area (Å²) in [5.74, 6) is 0. The van der Waals surface area contributed by atoms with Gasteiger partial charge in [0.15, 0.2) is 0 Å². The number of hydrogen-bond donors (Lipinski definition) is 2. The van der Waals surface area contributed by atoms with Gasteiger partial charge in [-0.1, -0.05) is 22.0 Å². The van der Waals surface area contributed by atoms with Crippen LogP contribution in [0, 0.1) is 0 Å². The van der Waals surface area contributed by atoms with Crippen molar-refractivity contribution in [2.75, 3.05) is 5.32 Å². The molecule has 1 aromatic rings. The van der Waals surface area contributed by atoms with E-state index in [1.165, 1.54) is 0 Å². The van der Waals surface area contributed by atoms with Crippen molar-refractivity contribution >= 4 is 27.7 Å². The number of carbonyl (C=O) groups is 1. The third kappa shape index (κ3) is 3.70. The fourth-order valence-corrected chi connectivity index (χ4v) is 2.23. The molecule has 0 atom stereocenters. The molecular formula is C14H19BrN2O2. The van der Waals surface area contributed by atoms with Crippen LogP contribution in [0.3, 0.4) is 0 Å². The Morgan fingerprint density at radius 3 is 2.58 bits per heavy atom. The standard InChI is InChI=1S/C14H19BrN2O2/c1-13(2,3)19-12(18)17-11-8-9(15)4-5-10(11)14(16)6-7-14/h4-5,8H,6-7,16H2,1-3H3,(H,17,18). The van der Waals surface area contributed by atoms with Crippen LogP contribution in [0.2, 0.25) is 0 Å². The quantitative estimate of drug-likeness (QED) is 0.870. The highest BCUT2D eigenvalue weighted by atomic mass is 79.9.